The summed E-state index contributed by atoms with van der Waals surface area (Å²) in [5.74, 6) is -0.130. The second-order valence-corrected chi connectivity index (χ2v) is 8.05. The van der Waals surface area contributed by atoms with Crippen LogP contribution in [0.5, 0.6) is 0 Å². The van der Waals surface area contributed by atoms with Gasteiger partial charge in [-0.15, -0.1) is 10.2 Å². The Bertz CT molecular complexity index is 1250. The number of halogens is 1. The highest BCUT2D eigenvalue weighted by molar-refractivity contribution is 9.10. The van der Waals surface area contributed by atoms with Crippen molar-refractivity contribution in [3.63, 3.8) is 0 Å². The van der Waals surface area contributed by atoms with Gasteiger partial charge in [-0.2, -0.15) is 5.21 Å². The van der Waals surface area contributed by atoms with Crippen LogP contribution in [0.25, 0.3) is 22.3 Å². The molecule has 2 aromatic carbocycles. The molecule has 0 fully saturated rings. The quantitative estimate of drug-likeness (QED) is 0.325. The minimum absolute atomic E-state index is 0.0600. The van der Waals surface area contributed by atoms with E-state index in [1.165, 1.54) is 0 Å². The van der Waals surface area contributed by atoms with Gasteiger partial charge in [-0.05, 0) is 42.0 Å². The van der Waals surface area contributed by atoms with E-state index >= 15 is 0 Å². The molecule has 2 amide bonds. The Morgan fingerprint density at radius 2 is 1.97 bits per heavy atom. The number of carbonyl (C=O) groups is 2. The molecule has 0 saturated heterocycles. The van der Waals surface area contributed by atoms with E-state index in [2.05, 4.69) is 52.2 Å². The van der Waals surface area contributed by atoms with Crippen LogP contribution < -0.4 is 10.6 Å². The van der Waals surface area contributed by atoms with Gasteiger partial charge in [0.15, 0.2) is 0 Å². The third-order valence-electron chi connectivity index (χ3n) is 5.03. The Morgan fingerprint density at radius 1 is 1.13 bits per heavy atom. The monoisotopic (exact) mass is 481 g/mol. The van der Waals surface area contributed by atoms with Gasteiger partial charge >= 0.3 is 0 Å². The number of anilines is 2. The number of fused-ring (bicyclic) bond motifs is 1. The molecule has 0 aliphatic heterocycles. The van der Waals surface area contributed by atoms with Crippen molar-refractivity contribution in [3.8, 4) is 11.4 Å². The van der Waals surface area contributed by atoms with Gasteiger partial charge in [0.2, 0.25) is 11.7 Å². The lowest BCUT2D eigenvalue weighted by atomic mass is 10.1. The third-order valence-corrected chi connectivity index (χ3v) is 5.53. The largest absolute Gasteiger partial charge is 0.349 e. The molecule has 9 nitrogen and oxygen atoms in total. The lowest BCUT2D eigenvalue weighted by Gasteiger charge is -2.10. The molecule has 4 rings (SSSR count). The van der Waals surface area contributed by atoms with Gasteiger partial charge in [0.05, 0.1) is 16.9 Å². The second-order valence-electron chi connectivity index (χ2n) is 7.13. The van der Waals surface area contributed by atoms with E-state index < -0.39 is 0 Å². The van der Waals surface area contributed by atoms with Crippen molar-refractivity contribution in [3.05, 3.63) is 52.6 Å². The Balaban J connectivity index is 1.63. The number of aromatic amines is 2. The van der Waals surface area contributed by atoms with Crippen LogP contribution in [0.15, 0.2) is 46.9 Å². The van der Waals surface area contributed by atoms with Crippen LogP contribution in [0, 0.1) is 5.92 Å². The Morgan fingerprint density at radius 3 is 2.71 bits per heavy atom. The van der Waals surface area contributed by atoms with Gasteiger partial charge in [0.25, 0.3) is 5.91 Å². The lowest BCUT2D eigenvalue weighted by Crippen LogP contribution is -2.19. The van der Waals surface area contributed by atoms with Crippen molar-refractivity contribution in [1.82, 2.24) is 25.6 Å². The normalized spacial score (nSPS) is 12.0. The minimum atomic E-state index is -0.331. The molecular formula is C21H20BrN7O2. The van der Waals surface area contributed by atoms with Crippen molar-refractivity contribution in [2.24, 2.45) is 5.92 Å². The Hall–Kier alpha value is -3.53. The fourth-order valence-electron chi connectivity index (χ4n) is 3.10. The number of benzene rings is 2. The smallest absolute Gasteiger partial charge is 0.272 e. The number of para-hydroxylation sites is 1. The zero-order valence-corrected chi connectivity index (χ0v) is 18.4. The summed E-state index contributed by atoms with van der Waals surface area (Å²) < 4.78 is 0.817. The van der Waals surface area contributed by atoms with Crippen LogP contribution in [0.2, 0.25) is 0 Å². The molecule has 0 saturated carbocycles. The van der Waals surface area contributed by atoms with E-state index in [0.717, 1.165) is 16.3 Å². The van der Waals surface area contributed by atoms with Crippen molar-refractivity contribution in [2.75, 3.05) is 10.6 Å². The summed E-state index contributed by atoms with van der Waals surface area (Å²) in [5.41, 5.74) is 2.85. The van der Waals surface area contributed by atoms with Crippen LogP contribution in [0.3, 0.4) is 0 Å². The maximum atomic E-state index is 13.0. The maximum absolute atomic E-state index is 13.0. The van der Waals surface area contributed by atoms with Crippen LogP contribution >= 0.6 is 15.9 Å². The number of hydrogen-bond donors (Lipinski definition) is 4. The van der Waals surface area contributed by atoms with Crippen LogP contribution in [0.4, 0.5) is 11.4 Å². The summed E-state index contributed by atoms with van der Waals surface area (Å²) in [6.07, 6.45) is 0.746. The first-order valence-electron chi connectivity index (χ1n) is 9.73. The minimum Gasteiger partial charge on any atom is -0.349 e. The molecule has 4 N–H and O–H groups in total. The SMILES string of the molecule is CCC(C)C(=O)Nc1cccc2cc(C(=O)Nc3ccc(Br)cc3-c3nn[nH]n3)[nH]c12. The number of nitrogens with zero attached hydrogens (tertiary/aromatic N) is 3. The summed E-state index contributed by atoms with van der Waals surface area (Å²) >= 11 is 3.42. The van der Waals surface area contributed by atoms with Gasteiger partial charge in [0.1, 0.15) is 5.69 Å². The van der Waals surface area contributed by atoms with Gasteiger partial charge in [-0.1, -0.05) is 41.9 Å². The molecule has 0 spiro atoms. The van der Waals surface area contributed by atoms with E-state index in [1.54, 1.807) is 18.2 Å². The third kappa shape index (κ3) is 4.33. The highest BCUT2D eigenvalue weighted by atomic mass is 79.9. The molecule has 158 valence electrons. The number of nitrogens with one attached hydrogen (secondary N) is 4. The molecule has 2 aromatic heterocycles. The first kappa shape index (κ1) is 20.7. The highest BCUT2D eigenvalue weighted by Gasteiger charge is 2.17. The molecule has 1 atom stereocenters. The van der Waals surface area contributed by atoms with Crippen molar-refractivity contribution >= 4 is 50.0 Å². The number of H-pyrrole nitrogens is 2. The van der Waals surface area contributed by atoms with Gasteiger partial charge in [-0.3, -0.25) is 9.59 Å². The van der Waals surface area contributed by atoms with E-state index in [1.807, 2.05) is 38.1 Å². The molecular weight excluding hydrogens is 462 g/mol. The summed E-state index contributed by atoms with van der Waals surface area (Å²) in [6.45, 7) is 3.84. The first-order valence-corrected chi connectivity index (χ1v) is 10.5. The van der Waals surface area contributed by atoms with E-state index in [4.69, 9.17) is 0 Å². The predicted molar refractivity (Wildman–Crippen MR) is 122 cm³/mol. The van der Waals surface area contributed by atoms with Crippen LogP contribution in [-0.4, -0.2) is 37.4 Å². The molecule has 0 aliphatic carbocycles. The van der Waals surface area contributed by atoms with E-state index in [0.29, 0.717) is 34.0 Å². The summed E-state index contributed by atoms with van der Waals surface area (Å²) in [7, 11) is 0. The summed E-state index contributed by atoms with van der Waals surface area (Å²) in [5, 5.41) is 20.6. The zero-order chi connectivity index (χ0) is 22.0. The number of carbonyl (C=O) groups excluding carboxylic acids is 2. The molecule has 1 unspecified atom stereocenters. The topological polar surface area (TPSA) is 128 Å². The van der Waals surface area contributed by atoms with E-state index in [-0.39, 0.29) is 17.7 Å². The molecule has 0 radical (unpaired) electrons. The standard InChI is InChI=1S/C21H20BrN7O2/c1-3-11(2)20(30)25-16-6-4-5-12-9-17(23-18(12)16)21(31)24-15-8-7-13(22)10-14(15)19-26-28-29-27-19/h4-11,23H,3H2,1-2H3,(H,24,31)(H,25,30)(H,26,27,28,29). The fraction of sp³-hybridized carbons (Fsp3) is 0.190. The molecule has 4 aromatic rings. The molecule has 0 bridgehead atoms. The van der Waals surface area contributed by atoms with Crippen molar-refractivity contribution < 1.29 is 9.59 Å². The van der Waals surface area contributed by atoms with Crippen LogP contribution in [-0.2, 0) is 4.79 Å². The molecule has 2 heterocycles. The number of aromatic nitrogens is 5. The average molecular weight is 482 g/mol. The Labute approximate surface area is 186 Å². The number of tetrazole rings is 1. The van der Waals surface area contributed by atoms with Gasteiger partial charge in [0, 0.05) is 21.3 Å². The van der Waals surface area contributed by atoms with Crippen molar-refractivity contribution in [1.29, 1.82) is 0 Å². The van der Waals surface area contributed by atoms with Gasteiger partial charge in [-0.25, -0.2) is 0 Å². The zero-order valence-electron chi connectivity index (χ0n) is 16.9. The Kier molecular flexibility index (Phi) is 5.81. The van der Waals surface area contributed by atoms with Gasteiger partial charge < -0.3 is 15.6 Å². The summed E-state index contributed by atoms with van der Waals surface area (Å²) in [6, 6.07) is 12.6. The lowest BCUT2D eigenvalue weighted by molar-refractivity contribution is -0.119. The highest BCUT2D eigenvalue weighted by Crippen LogP contribution is 2.29. The molecule has 10 heteroatoms. The molecule has 0 aliphatic rings. The first-order chi connectivity index (χ1) is 15.0. The number of rotatable bonds is 6. The predicted octanol–water partition coefficient (Wildman–Crippen LogP) is 4.35. The molecule has 31 heavy (non-hydrogen) atoms. The maximum Gasteiger partial charge on any atom is 0.272 e. The summed E-state index contributed by atoms with van der Waals surface area (Å²) in [4.78, 5) is 28.4. The van der Waals surface area contributed by atoms with E-state index in [9.17, 15) is 9.59 Å². The number of hydrogen-bond acceptors (Lipinski definition) is 5. The average Bonchev–Trinajstić information content (AvgIpc) is 3.44. The van der Waals surface area contributed by atoms with Crippen LogP contribution in [0.1, 0.15) is 30.8 Å². The number of amides is 2. The second kappa shape index (κ2) is 8.68. The fourth-order valence-corrected chi connectivity index (χ4v) is 3.46. The van der Waals surface area contributed by atoms with Crippen molar-refractivity contribution in [2.45, 2.75) is 20.3 Å².